The summed E-state index contributed by atoms with van der Waals surface area (Å²) in [5, 5.41) is 4.64. The lowest BCUT2D eigenvalue weighted by molar-refractivity contribution is -0.0411. The van der Waals surface area contributed by atoms with Gasteiger partial charge in [-0.15, -0.1) is 11.3 Å². The van der Waals surface area contributed by atoms with Crippen LogP contribution in [0.3, 0.4) is 0 Å². The number of nitrogens with zero attached hydrogens (tertiary/aromatic N) is 3. The van der Waals surface area contributed by atoms with Crippen LogP contribution in [0.4, 0.5) is 5.82 Å². The molecule has 1 aliphatic heterocycles. The van der Waals surface area contributed by atoms with Crippen LogP contribution >= 0.6 is 11.3 Å². The number of anilines is 1. The summed E-state index contributed by atoms with van der Waals surface area (Å²) in [6.07, 6.45) is 1.89. The first kappa shape index (κ1) is 16.7. The van der Waals surface area contributed by atoms with Crippen molar-refractivity contribution in [3.63, 3.8) is 0 Å². The van der Waals surface area contributed by atoms with Crippen molar-refractivity contribution < 1.29 is 4.74 Å². The van der Waals surface area contributed by atoms with Gasteiger partial charge in [0.25, 0.3) is 0 Å². The van der Waals surface area contributed by atoms with E-state index in [9.17, 15) is 0 Å². The van der Waals surface area contributed by atoms with E-state index in [1.54, 1.807) is 11.3 Å². The van der Waals surface area contributed by atoms with Crippen LogP contribution in [-0.4, -0.2) is 26.6 Å². The zero-order chi connectivity index (χ0) is 17.8. The molecule has 5 nitrogen and oxygen atoms in total. The summed E-state index contributed by atoms with van der Waals surface area (Å²) in [5.74, 6) is 1.71. The Morgan fingerprint density at radius 1 is 1.32 bits per heavy atom. The van der Waals surface area contributed by atoms with E-state index in [-0.39, 0.29) is 5.60 Å². The van der Waals surface area contributed by atoms with Crippen LogP contribution in [-0.2, 0) is 17.8 Å². The molecule has 3 aromatic heterocycles. The van der Waals surface area contributed by atoms with Gasteiger partial charge in [0.2, 0.25) is 0 Å². The topological polar surface area (TPSA) is 59.9 Å². The fraction of sp³-hybridized carbons (Fsp3) is 0.526. The summed E-state index contributed by atoms with van der Waals surface area (Å²) >= 11 is 1.68. The van der Waals surface area contributed by atoms with Crippen molar-refractivity contribution in [2.75, 3.05) is 5.32 Å². The van der Waals surface area contributed by atoms with Gasteiger partial charge in [0.1, 0.15) is 16.5 Å². The number of ether oxygens (including phenoxy) is 1. The van der Waals surface area contributed by atoms with Crippen LogP contribution < -0.4 is 5.32 Å². The van der Waals surface area contributed by atoms with Crippen molar-refractivity contribution in [3.05, 3.63) is 23.1 Å². The van der Waals surface area contributed by atoms with Gasteiger partial charge in [-0.05, 0) is 40.2 Å². The Morgan fingerprint density at radius 2 is 2.12 bits per heavy atom. The average molecular weight is 356 g/mol. The second kappa shape index (κ2) is 5.88. The van der Waals surface area contributed by atoms with Crippen LogP contribution in [0.25, 0.3) is 20.4 Å². The van der Waals surface area contributed by atoms with E-state index >= 15 is 0 Å². The Kier molecular flexibility index (Phi) is 3.92. The second-order valence-corrected chi connectivity index (χ2v) is 8.52. The fourth-order valence-electron chi connectivity index (χ4n) is 3.20. The maximum absolute atomic E-state index is 5.96. The number of aromatic nitrogens is 3. The molecule has 25 heavy (non-hydrogen) atoms. The van der Waals surface area contributed by atoms with Gasteiger partial charge < -0.3 is 10.1 Å². The number of thiophene rings is 1. The minimum absolute atomic E-state index is 0.149. The lowest BCUT2D eigenvalue weighted by Gasteiger charge is -2.30. The molecule has 4 heterocycles. The monoisotopic (exact) mass is 356 g/mol. The molecule has 3 aromatic rings. The quantitative estimate of drug-likeness (QED) is 0.742. The normalized spacial score (nSPS) is 17.6. The van der Waals surface area contributed by atoms with Crippen LogP contribution in [0.5, 0.6) is 0 Å². The third-order valence-corrected chi connectivity index (χ3v) is 5.89. The summed E-state index contributed by atoms with van der Waals surface area (Å²) in [7, 11) is 0. The summed E-state index contributed by atoms with van der Waals surface area (Å²) in [4.78, 5) is 15.4. The zero-order valence-corrected chi connectivity index (χ0v) is 16.3. The maximum atomic E-state index is 5.96. The number of hydrogen-bond acceptors (Lipinski definition) is 6. The van der Waals surface area contributed by atoms with E-state index in [1.807, 2.05) is 6.92 Å². The van der Waals surface area contributed by atoms with Gasteiger partial charge in [-0.25, -0.2) is 15.0 Å². The summed E-state index contributed by atoms with van der Waals surface area (Å²) in [5.41, 5.74) is 3.18. The molecule has 0 saturated heterocycles. The molecular weight excluding hydrogens is 332 g/mol. The molecule has 0 bridgehead atoms. The van der Waals surface area contributed by atoms with E-state index in [2.05, 4.69) is 44.1 Å². The predicted octanol–water partition coefficient (Wildman–Crippen LogP) is 4.61. The number of nitrogens with one attached hydrogen (secondary N) is 1. The molecule has 0 unspecified atom stereocenters. The van der Waals surface area contributed by atoms with Gasteiger partial charge in [0.05, 0.1) is 28.1 Å². The maximum Gasteiger partial charge on any atom is 0.148 e. The zero-order valence-electron chi connectivity index (χ0n) is 15.4. The molecule has 0 saturated carbocycles. The molecule has 1 atom stereocenters. The van der Waals surface area contributed by atoms with Gasteiger partial charge in [-0.1, -0.05) is 6.92 Å². The second-order valence-electron chi connectivity index (χ2n) is 7.52. The third kappa shape index (κ3) is 2.98. The predicted molar refractivity (Wildman–Crippen MR) is 103 cm³/mol. The summed E-state index contributed by atoms with van der Waals surface area (Å²) in [6, 6.07) is 2.59. The van der Waals surface area contributed by atoms with E-state index in [1.165, 1.54) is 5.56 Å². The van der Waals surface area contributed by atoms with Crippen molar-refractivity contribution in [3.8, 4) is 0 Å². The SMILES string of the molecule is CC[C@@H](C)Nc1nc(C)nc2c1sc1nc3c(cc12)COC(C)(C)C3. The van der Waals surface area contributed by atoms with Gasteiger partial charge in [0, 0.05) is 23.4 Å². The highest BCUT2D eigenvalue weighted by molar-refractivity contribution is 7.25. The first-order valence-corrected chi connectivity index (χ1v) is 9.68. The van der Waals surface area contributed by atoms with Crippen LogP contribution in [0.2, 0.25) is 0 Å². The molecule has 4 rings (SSSR count). The molecule has 0 radical (unpaired) electrons. The lowest BCUT2D eigenvalue weighted by atomic mass is 9.95. The fourth-order valence-corrected chi connectivity index (χ4v) is 4.27. The summed E-state index contributed by atoms with van der Waals surface area (Å²) in [6.45, 7) is 11.1. The molecule has 132 valence electrons. The van der Waals surface area contributed by atoms with E-state index < -0.39 is 0 Å². The minimum Gasteiger partial charge on any atom is -0.370 e. The number of fused-ring (bicyclic) bond motifs is 4. The van der Waals surface area contributed by atoms with Gasteiger partial charge >= 0.3 is 0 Å². The number of rotatable bonds is 3. The largest absolute Gasteiger partial charge is 0.370 e. The van der Waals surface area contributed by atoms with Gasteiger partial charge in [-0.2, -0.15) is 0 Å². The first-order chi connectivity index (χ1) is 11.9. The lowest BCUT2D eigenvalue weighted by Crippen LogP contribution is -2.32. The number of pyridine rings is 1. The molecule has 0 fully saturated rings. The Bertz CT molecular complexity index is 963. The van der Waals surface area contributed by atoms with Crippen molar-refractivity contribution in [1.82, 2.24) is 15.0 Å². The molecule has 1 N–H and O–H groups in total. The van der Waals surface area contributed by atoms with Crippen LogP contribution in [0, 0.1) is 6.92 Å². The van der Waals surface area contributed by atoms with E-state index in [0.717, 1.165) is 50.6 Å². The van der Waals surface area contributed by atoms with Gasteiger partial charge in [0.15, 0.2) is 0 Å². The Labute approximate surface area is 151 Å². The van der Waals surface area contributed by atoms with Gasteiger partial charge in [-0.3, -0.25) is 0 Å². The van der Waals surface area contributed by atoms with Crippen molar-refractivity contribution in [1.29, 1.82) is 0 Å². The molecule has 0 aromatic carbocycles. The highest BCUT2D eigenvalue weighted by atomic mass is 32.1. The summed E-state index contributed by atoms with van der Waals surface area (Å²) < 4.78 is 7.06. The Morgan fingerprint density at radius 3 is 2.88 bits per heavy atom. The van der Waals surface area contributed by atoms with E-state index in [4.69, 9.17) is 14.7 Å². The molecule has 1 aliphatic rings. The smallest absolute Gasteiger partial charge is 0.148 e. The average Bonchev–Trinajstić information content (AvgIpc) is 2.89. The Hall–Kier alpha value is -1.79. The molecule has 6 heteroatoms. The third-order valence-electron chi connectivity index (χ3n) is 4.79. The molecule has 0 aliphatic carbocycles. The highest BCUT2D eigenvalue weighted by Gasteiger charge is 2.28. The van der Waals surface area contributed by atoms with Crippen molar-refractivity contribution >= 4 is 37.6 Å². The molecule has 0 amide bonds. The highest BCUT2D eigenvalue weighted by Crippen LogP contribution is 2.38. The van der Waals surface area contributed by atoms with Crippen molar-refractivity contribution in [2.45, 2.75) is 65.7 Å². The van der Waals surface area contributed by atoms with Crippen LogP contribution in [0.1, 0.15) is 51.2 Å². The standard InChI is InChI=1S/C19H24N4OS/c1-6-10(2)20-17-16-15(21-11(3)22-17)13-7-12-9-24-19(4,5)8-14(12)23-18(13)25-16/h7,10H,6,8-9H2,1-5H3,(H,20,21,22)/t10-/m1/s1. The number of hydrogen-bond donors (Lipinski definition) is 1. The van der Waals surface area contributed by atoms with Crippen molar-refractivity contribution in [2.24, 2.45) is 0 Å². The molecular formula is C19H24N4OS. The first-order valence-electron chi connectivity index (χ1n) is 8.86. The van der Waals surface area contributed by atoms with Crippen LogP contribution in [0.15, 0.2) is 6.07 Å². The number of aryl methyl sites for hydroxylation is 1. The molecule has 0 spiro atoms. The Balaban J connectivity index is 1.91. The van der Waals surface area contributed by atoms with E-state index in [0.29, 0.717) is 12.6 Å². The minimum atomic E-state index is -0.149.